The summed E-state index contributed by atoms with van der Waals surface area (Å²) in [5.74, 6) is -0.519. The first-order valence-electron chi connectivity index (χ1n) is 8.70. The van der Waals surface area contributed by atoms with Gasteiger partial charge in [0.15, 0.2) is 0 Å². The molecule has 2 N–H and O–H groups in total. The number of thioether (sulfide) groups is 1. The van der Waals surface area contributed by atoms with Crippen molar-refractivity contribution in [2.45, 2.75) is 35.8 Å². The Morgan fingerprint density at radius 1 is 1.08 bits per heavy atom. The number of nitrogens with one attached hydrogen (secondary N) is 2. The summed E-state index contributed by atoms with van der Waals surface area (Å²) in [4.78, 5) is 25.3. The van der Waals surface area contributed by atoms with E-state index >= 15 is 0 Å². The Morgan fingerprint density at radius 3 is 2.50 bits per heavy atom. The van der Waals surface area contributed by atoms with Crippen LogP contribution in [0.3, 0.4) is 0 Å². The minimum Gasteiger partial charge on any atom is -0.343 e. The lowest BCUT2D eigenvalue weighted by molar-refractivity contribution is -0.115. The molecular weight excluding hydrogens is 412 g/mol. The minimum absolute atomic E-state index is 0.0656. The second-order valence-corrected chi connectivity index (χ2v) is 8.58. The normalized spacial score (nSPS) is 14.2. The minimum atomic E-state index is -0.273. The first-order valence-corrected chi connectivity index (χ1v) is 10.4. The standard InChI is InChI=1S/C20H21BrN2O2S/c21-15-5-3-4-14(12-15)20(25)22-13-19(24)23-16-8-10-18(11-9-16)26-17-6-1-2-7-17/h3-5,8-12,17H,1-2,6-7,13H2,(H,22,25)(H,23,24). The van der Waals surface area contributed by atoms with Crippen LogP contribution in [0.25, 0.3) is 0 Å². The van der Waals surface area contributed by atoms with Crippen LogP contribution in [0, 0.1) is 0 Å². The fourth-order valence-corrected chi connectivity index (χ4v) is 4.56. The summed E-state index contributed by atoms with van der Waals surface area (Å²) in [5.41, 5.74) is 1.25. The zero-order chi connectivity index (χ0) is 18.4. The Bertz CT molecular complexity index is 774. The lowest BCUT2D eigenvalue weighted by Gasteiger charge is -2.10. The largest absolute Gasteiger partial charge is 0.343 e. The van der Waals surface area contributed by atoms with Gasteiger partial charge in [-0.05, 0) is 55.3 Å². The summed E-state index contributed by atoms with van der Waals surface area (Å²) < 4.78 is 0.824. The highest BCUT2D eigenvalue weighted by Gasteiger charge is 2.16. The molecular formula is C20H21BrN2O2S. The van der Waals surface area contributed by atoms with Crippen LogP contribution in [0.4, 0.5) is 5.69 Å². The summed E-state index contributed by atoms with van der Waals surface area (Å²) in [5, 5.41) is 6.16. The molecule has 1 aliphatic rings. The highest BCUT2D eigenvalue weighted by Crippen LogP contribution is 2.34. The molecule has 0 heterocycles. The van der Waals surface area contributed by atoms with Gasteiger partial charge < -0.3 is 10.6 Å². The summed E-state index contributed by atoms with van der Waals surface area (Å²) in [6.45, 7) is -0.0656. The second kappa shape index (κ2) is 9.24. The van der Waals surface area contributed by atoms with Gasteiger partial charge in [0.2, 0.25) is 5.91 Å². The maximum absolute atomic E-state index is 12.0. The van der Waals surface area contributed by atoms with Crippen molar-refractivity contribution in [2.75, 3.05) is 11.9 Å². The van der Waals surface area contributed by atoms with Crippen LogP contribution < -0.4 is 10.6 Å². The fourth-order valence-electron chi connectivity index (χ4n) is 2.91. The molecule has 0 radical (unpaired) electrons. The molecule has 136 valence electrons. The van der Waals surface area contributed by atoms with Gasteiger partial charge in [-0.1, -0.05) is 34.8 Å². The number of anilines is 1. The Balaban J connectivity index is 1.46. The van der Waals surface area contributed by atoms with Gasteiger partial charge in [0.05, 0.1) is 6.54 Å². The van der Waals surface area contributed by atoms with Crippen molar-refractivity contribution in [3.63, 3.8) is 0 Å². The molecule has 0 aromatic heterocycles. The van der Waals surface area contributed by atoms with E-state index in [4.69, 9.17) is 0 Å². The first kappa shape index (κ1) is 19.0. The van der Waals surface area contributed by atoms with Crippen LogP contribution in [0.2, 0.25) is 0 Å². The number of hydrogen-bond acceptors (Lipinski definition) is 3. The molecule has 0 aliphatic heterocycles. The third-order valence-corrected chi connectivity index (χ3v) is 6.08. The van der Waals surface area contributed by atoms with Gasteiger partial charge in [0.1, 0.15) is 0 Å². The molecule has 2 aromatic carbocycles. The van der Waals surface area contributed by atoms with E-state index in [2.05, 4.69) is 26.6 Å². The van der Waals surface area contributed by atoms with E-state index in [0.717, 1.165) is 15.4 Å². The van der Waals surface area contributed by atoms with Crippen LogP contribution in [0.1, 0.15) is 36.0 Å². The summed E-state index contributed by atoms with van der Waals surface area (Å²) >= 11 is 5.24. The number of carbonyl (C=O) groups excluding carboxylic acids is 2. The summed E-state index contributed by atoms with van der Waals surface area (Å²) in [6, 6.07) is 14.9. The predicted octanol–water partition coefficient (Wildman–Crippen LogP) is 4.85. The predicted molar refractivity (Wildman–Crippen MR) is 110 cm³/mol. The molecule has 4 nitrogen and oxygen atoms in total. The summed E-state index contributed by atoms with van der Waals surface area (Å²) in [6.07, 6.45) is 5.25. The molecule has 1 aliphatic carbocycles. The molecule has 0 unspecified atom stereocenters. The molecule has 6 heteroatoms. The lowest BCUT2D eigenvalue weighted by atomic mass is 10.2. The Hall–Kier alpha value is -1.79. The Kier molecular flexibility index (Phi) is 6.74. The SMILES string of the molecule is O=C(CNC(=O)c1cccc(Br)c1)Nc1ccc(SC2CCCC2)cc1. The highest BCUT2D eigenvalue weighted by atomic mass is 79.9. The van der Waals surface area contributed by atoms with Gasteiger partial charge in [-0.3, -0.25) is 9.59 Å². The maximum Gasteiger partial charge on any atom is 0.251 e. The molecule has 0 atom stereocenters. The van der Waals surface area contributed by atoms with Crippen molar-refractivity contribution in [1.29, 1.82) is 0 Å². The van der Waals surface area contributed by atoms with E-state index < -0.39 is 0 Å². The van der Waals surface area contributed by atoms with Crippen molar-refractivity contribution in [3.05, 3.63) is 58.6 Å². The van der Waals surface area contributed by atoms with Crippen molar-refractivity contribution in [1.82, 2.24) is 5.32 Å². The van der Waals surface area contributed by atoms with Gasteiger partial charge in [-0.2, -0.15) is 0 Å². The maximum atomic E-state index is 12.0. The Labute approximate surface area is 166 Å². The molecule has 1 saturated carbocycles. The zero-order valence-electron chi connectivity index (χ0n) is 14.3. The van der Waals surface area contributed by atoms with E-state index in [1.54, 1.807) is 18.2 Å². The van der Waals surface area contributed by atoms with Gasteiger partial charge in [0, 0.05) is 25.9 Å². The third kappa shape index (κ3) is 5.61. The number of hydrogen-bond donors (Lipinski definition) is 2. The molecule has 2 aromatic rings. The van der Waals surface area contributed by atoms with Crippen LogP contribution in [-0.2, 0) is 4.79 Å². The molecule has 1 fully saturated rings. The van der Waals surface area contributed by atoms with Crippen molar-refractivity contribution in [2.24, 2.45) is 0 Å². The van der Waals surface area contributed by atoms with Gasteiger partial charge in [-0.25, -0.2) is 0 Å². The van der Waals surface area contributed by atoms with Gasteiger partial charge in [-0.15, -0.1) is 11.8 Å². The smallest absolute Gasteiger partial charge is 0.251 e. The quantitative estimate of drug-likeness (QED) is 0.685. The number of carbonyl (C=O) groups is 2. The number of amides is 2. The monoisotopic (exact) mass is 432 g/mol. The summed E-state index contributed by atoms with van der Waals surface area (Å²) in [7, 11) is 0. The molecule has 2 amide bonds. The van der Waals surface area contributed by atoms with Crippen LogP contribution in [0.5, 0.6) is 0 Å². The van der Waals surface area contributed by atoms with E-state index in [9.17, 15) is 9.59 Å². The van der Waals surface area contributed by atoms with Crippen molar-refractivity contribution < 1.29 is 9.59 Å². The van der Waals surface area contributed by atoms with E-state index in [-0.39, 0.29) is 18.4 Å². The number of benzene rings is 2. The van der Waals surface area contributed by atoms with Crippen LogP contribution in [-0.4, -0.2) is 23.6 Å². The van der Waals surface area contributed by atoms with E-state index in [0.29, 0.717) is 5.56 Å². The number of rotatable bonds is 6. The molecule has 0 bridgehead atoms. The zero-order valence-corrected chi connectivity index (χ0v) is 16.7. The first-order chi connectivity index (χ1) is 12.6. The van der Waals surface area contributed by atoms with E-state index in [1.807, 2.05) is 42.1 Å². The van der Waals surface area contributed by atoms with Gasteiger partial charge >= 0.3 is 0 Å². The average Bonchev–Trinajstić information content (AvgIpc) is 3.14. The molecule has 0 saturated heterocycles. The van der Waals surface area contributed by atoms with Crippen LogP contribution in [0.15, 0.2) is 57.9 Å². The van der Waals surface area contributed by atoms with Gasteiger partial charge in [0.25, 0.3) is 5.91 Å². The molecule has 26 heavy (non-hydrogen) atoms. The van der Waals surface area contributed by atoms with Crippen molar-refractivity contribution in [3.8, 4) is 0 Å². The third-order valence-electron chi connectivity index (χ3n) is 4.24. The van der Waals surface area contributed by atoms with Crippen LogP contribution >= 0.6 is 27.7 Å². The molecule has 3 rings (SSSR count). The lowest BCUT2D eigenvalue weighted by Crippen LogP contribution is -2.32. The highest BCUT2D eigenvalue weighted by molar-refractivity contribution is 9.10. The van der Waals surface area contributed by atoms with E-state index in [1.165, 1.54) is 30.6 Å². The average molecular weight is 433 g/mol. The van der Waals surface area contributed by atoms with Crippen molar-refractivity contribution >= 4 is 45.2 Å². The molecule has 0 spiro atoms. The Morgan fingerprint density at radius 2 is 1.81 bits per heavy atom. The fraction of sp³-hybridized carbons (Fsp3) is 0.300. The number of halogens is 1. The topological polar surface area (TPSA) is 58.2 Å². The second-order valence-electron chi connectivity index (χ2n) is 6.29.